The largest absolute Gasteiger partial charge is 0.303 e. The van der Waals surface area contributed by atoms with Crippen LogP contribution in [0.4, 0.5) is 0 Å². The van der Waals surface area contributed by atoms with Gasteiger partial charge in [0.15, 0.2) is 0 Å². The Morgan fingerprint density at radius 2 is 1.33 bits per heavy atom. The predicted octanol–water partition coefficient (Wildman–Crippen LogP) is 3.83. The van der Waals surface area contributed by atoms with Crippen molar-refractivity contribution >= 4 is 0 Å². The maximum Gasteiger partial charge on any atom is 0.0231 e. The van der Waals surface area contributed by atoms with Gasteiger partial charge in [-0.05, 0) is 45.7 Å². The Hall–Kier alpha value is -0.0400. The maximum atomic E-state index is 2.57. The van der Waals surface area contributed by atoms with E-state index < -0.39 is 0 Å². The van der Waals surface area contributed by atoms with Crippen LogP contribution in [0.25, 0.3) is 0 Å². The van der Waals surface area contributed by atoms with Crippen LogP contribution < -0.4 is 0 Å². The second-order valence-electron chi connectivity index (χ2n) is 5.89. The molecular weight excluding hydrogens is 182 g/mol. The maximum absolute atomic E-state index is 2.57. The highest BCUT2D eigenvalue weighted by atomic mass is 15.2. The van der Waals surface area contributed by atoms with Gasteiger partial charge in [0.2, 0.25) is 0 Å². The van der Waals surface area contributed by atoms with Gasteiger partial charge in [-0.3, -0.25) is 0 Å². The van der Waals surface area contributed by atoms with Crippen LogP contribution in [0.5, 0.6) is 0 Å². The number of rotatable bonds is 2. The molecule has 2 aliphatic rings. The van der Waals surface area contributed by atoms with Crippen molar-refractivity contribution in [1.29, 1.82) is 0 Å². The van der Waals surface area contributed by atoms with E-state index >= 15 is 0 Å². The lowest BCUT2D eigenvalue weighted by Crippen LogP contribution is -2.52. The molecule has 0 unspecified atom stereocenters. The fourth-order valence-electron chi connectivity index (χ4n) is 4.02. The van der Waals surface area contributed by atoms with Gasteiger partial charge in [-0.1, -0.05) is 38.5 Å². The lowest BCUT2D eigenvalue weighted by atomic mass is 9.67. The third kappa shape index (κ3) is 2.22. The molecule has 0 aromatic heterocycles. The summed E-state index contributed by atoms with van der Waals surface area (Å²) >= 11 is 0. The van der Waals surface area contributed by atoms with Gasteiger partial charge in [0.25, 0.3) is 0 Å². The van der Waals surface area contributed by atoms with E-state index in [1.807, 2.05) is 0 Å². The van der Waals surface area contributed by atoms with Crippen molar-refractivity contribution in [3.8, 4) is 0 Å². The van der Waals surface area contributed by atoms with Crippen molar-refractivity contribution in [2.75, 3.05) is 14.1 Å². The number of hydrogen-bond donors (Lipinski definition) is 0. The second-order valence-corrected chi connectivity index (χ2v) is 5.89. The highest BCUT2D eigenvalue weighted by molar-refractivity contribution is 4.97. The van der Waals surface area contributed by atoms with Gasteiger partial charge in [0.1, 0.15) is 0 Å². The highest BCUT2D eigenvalue weighted by Crippen LogP contribution is 2.44. The SMILES string of the molecule is CN(C)C1(C2CCCCC2)CCCCC1. The third-order valence-electron chi connectivity index (χ3n) is 4.98. The molecule has 88 valence electrons. The standard InChI is InChI=1S/C14H27N/c1-15(2)14(11-7-4-8-12-14)13-9-5-3-6-10-13/h13H,3-12H2,1-2H3. The first-order valence-electron chi connectivity index (χ1n) is 6.93. The molecule has 0 N–H and O–H groups in total. The minimum absolute atomic E-state index is 0.582. The first kappa shape index (κ1) is 11.4. The molecule has 0 atom stereocenters. The smallest absolute Gasteiger partial charge is 0.0231 e. The molecule has 0 aromatic carbocycles. The third-order valence-corrected chi connectivity index (χ3v) is 4.98. The van der Waals surface area contributed by atoms with Crippen LogP contribution in [-0.2, 0) is 0 Å². The summed E-state index contributed by atoms with van der Waals surface area (Å²) in [5.41, 5.74) is 0.582. The molecule has 2 aliphatic carbocycles. The zero-order valence-electron chi connectivity index (χ0n) is 10.6. The van der Waals surface area contributed by atoms with Gasteiger partial charge in [0.05, 0.1) is 0 Å². The summed E-state index contributed by atoms with van der Waals surface area (Å²) < 4.78 is 0. The van der Waals surface area contributed by atoms with Gasteiger partial charge in [-0.15, -0.1) is 0 Å². The monoisotopic (exact) mass is 209 g/mol. The quantitative estimate of drug-likeness (QED) is 0.668. The van der Waals surface area contributed by atoms with Crippen molar-refractivity contribution in [1.82, 2.24) is 4.90 Å². The molecule has 15 heavy (non-hydrogen) atoms. The van der Waals surface area contributed by atoms with Gasteiger partial charge < -0.3 is 4.90 Å². The van der Waals surface area contributed by atoms with Crippen molar-refractivity contribution in [2.45, 2.75) is 69.7 Å². The lowest BCUT2D eigenvalue weighted by molar-refractivity contribution is 0.0194. The first-order valence-corrected chi connectivity index (χ1v) is 6.93. The van der Waals surface area contributed by atoms with E-state index in [0.717, 1.165) is 5.92 Å². The van der Waals surface area contributed by atoms with Crippen molar-refractivity contribution in [3.63, 3.8) is 0 Å². The highest BCUT2D eigenvalue weighted by Gasteiger charge is 2.41. The molecule has 0 aromatic rings. The molecule has 0 radical (unpaired) electrons. The minimum atomic E-state index is 0.582. The van der Waals surface area contributed by atoms with E-state index in [0.29, 0.717) is 5.54 Å². The van der Waals surface area contributed by atoms with E-state index in [2.05, 4.69) is 19.0 Å². The molecule has 2 rings (SSSR count). The van der Waals surface area contributed by atoms with E-state index in [9.17, 15) is 0 Å². The molecule has 0 bridgehead atoms. The topological polar surface area (TPSA) is 3.24 Å². The van der Waals surface area contributed by atoms with E-state index in [-0.39, 0.29) is 0 Å². The van der Waals surface area contributed by atoms with Crippen molar-refractivity contribution in [3.05, 3.63) is 0 Å². The predicted molar refractivity (Wildman–Crippen MR) is 66.1 cm³/mol. The minimum Gasteiger partial charge on any atom is -0.303 e. The van der Waals surface area contributed by atoms with Gasteiger partial charge in [-0.2, -0.15) is 0 Å². The second kappa shape index (κ2) is 4.86. The number of hydrogen-bond acceptors (Lipinski definition) is 1. The van der Waals surface area contributed by atoms with Crippen molar-refractivity contribution < 1.29 is 0 Å². The molecule has 0 saturated heterocycles. The summed E-state index contributed by atoms with van der Waals surface area (Å²) in [6.45, 7) is 0. The Kier molecular flexibility index (Phi) is 3.71. The molecule has 0 heterocycles. The van der Waals surface area contributed by atoms with Crippen LogP contribution in [0.3, 0.4) is 0 Å². The molecule has 1 nitrogen and oxygen atoms in total. The summed E-state index contributed by atoms with van der Waals surface area (Å²) in [6.07, 6.45) is 14.8. The molecule has 1 heteroatoms. The lowest BCUT2D eigenvalue weighted by Gasteiger charge is -2.50. The molecule has 0 amide bonds. The molecule has 2 saturated carbocycles. The van der Waals surface area contributed by atoms with Crippen LogP contribution in [0.15, 0.2) is 0 Å². The zero-order valence-corrected chi connectivity index (χ0v) is 10.6. The van der Waals surface area contributed by atoms with Gasteiger partial charge in [-0.25, -0.2) is 0 Å². The molecule has 0 spiro atoms. The van der Waals surface area contributed by atoms with Crippen LogP contribution in [0.1, 0.15) is 64.2 Å². The van der Waals surface area contributed by atoms with Crippen LogP contribution in [0, 0.1) is 5.92 Å². The van der Waals surface area contributed by atoms with Crippen LogP contribution in [0.2, 0.25) is 0 Å². The Morgan fingerprint density at radius 3 is 1.87 bits per heavy atom. The fraction of sp³-hybridized carbons (Fsp3) is 1.00. The van der Waals surface area contributed by atoms with Crippen molar-refractivity contribution in [2.24, 2.45) is 5.92 Å². The summed E-state index contributed by atoms with van der Waals surface area (Å²) in [7, 11) is 4.64. The van der Waals surface area contributed by atoms with Gasteiger partial charge >= 0.3 is 0 Å². The molecule has 0 aliphatic heterocycles. The fourth-order valence-corrected chi connectivity index (χ4v) is 4.02. The van der Waals surface area contributed by atoms with Gasteiger partial charge in [0, 0.05) is 5.54 Å². The Labute approximate surface area is 95.2 Å². The van der Waals surface area contributed by atoms with Crippen LogP contribution >= 0.6 is 0 Å². The van der Waals surface area contributed by atoms with E-state index in [1.165, 1.54) is 64.2 Å². The zero-order chi connectivity index (χ0) is 10.7. The first-order chi connectivity index (χ1) is 7.26. The summed E-state index contributed by atoms with van der Waals surface area (Å²) in [4.78, 5) is 2.57. The summed E-state index contributed by atoms with van der Waals surface area (Å²) in [5.74, 6) is 1.00. The average Bonchev–Trinajstić information content (AvgIpc) is 2.31. The summed E-state index contributed by atoms with van der Waals surface area (Å²) in [5, 5.41) is 0. The van der Waals surface area contributed by atoms with Crippen LogP contribution in [-0.4, -0.2) is 24.5 Å². The average molecular weight is 209 g/mol. The number of nitrogens with zero attached hydrogens (tertiary/aromatic N) is 1. The summed E-state index contributed by atoms with van der Waals surface area (Å²) in [6, 6.07) is 0. The van der Waals surface area contributed by atoms with E-state index in [4.69, 9.17) is 0 Å². The Balaban J connectivity index is 2.09. The Morgan fingerprint density at radius 1 is 0.800 bits per heavy atom. The normalized spacial score (nSPS) is 28.2. The molecule has 2 fully saturated rings. The molecular formula is C14H27N. The van der Waals surface area contributed by atoms with E-state index in [1.54, 1.807) is 0 Å². The Bertz CT molecular complexity index is 186.